The van der Waals surface area contributed by atoms with E-state index in [1.165, 1.54) is 10.4 Å². The van der Waals surface area contributed by atoms with E-state index in [2.05, 4.69) is 22.0 Å². The van der Waals surface area contributed by atoms with Gasteiger partial charge in [-0.25, -0.2) is 14.5 Å². The fraction of sp³-hybridized carbons (Fsp3) is 0.261. The second-order valence-electron chi connectivity index (χ2n) is 7.88. The van der Waals surface area contributed by atoms with Crippen molar-refractivity contribution in [3.63, 3.8) is 0 Å². The quantitative estimate of drug-likeness (QED) is 0.427. The Bertz CT molecular complexity index is 1440. The van der Waals surface area contributed by atoms with E-state index in [-0.39, 0.29) is 0 Å². The molecule has 8 heteroatoms. The monoisotopic (exact) mass is 431 g/mol. The first kappa shape index (κ1) is 18.5. The highest BCUT2D eigenvalue weighted by Gasteiger charge is 2.22. The second kappa shape index (κ2) is 7.18. The lowest BCUT2D eigenvalue weighted by molar-refractivity contribution is 0.296. The molecule has 1 aliphatic rings. The predicted molar refractivity (Wildman–Crippen MR) is 121 cm³/mol. The number of fused-ring (bicyclic) bond motifs is 6. The van der Waals surface area contributed by atoms with Crippen LogP contribution in [0.1, 0.15) is 16.3 Å². The van der Waals surface area contributed by atoms with Crippen LogP contribution in [0.3, 0.4) is 0 Å². The van der Waals surface area contributed by atoms with E-state index >= 15 is 0 Å². The van der Waals surface area contributed by atoms with Crippen LogP contribution in [0.15, 0.2) is 42.7 Å². The van der Waals surface area contributed by atoms with Gasteiger partial charge < -0.3 is 14.4 Å². The maximum atomic E-state index is 6.01. The first-order chi connectivity index (χ1) is 15.2. The lowest BCUT2D eigenvalue weighted by Crippen LogP contribution is -2.25. The molecule has 7 nitrogen and oxygen atoms in total. The van der Waals surface area contributed by atoms with Crippen molar-refractivity contribution in [2.24, 2.45) is 0 Å². The topological polar surface area (TPSA) is 64.8 Å². The van der Waals surface area contributed by atoms with E-state index in [1.54, 1.807) is 29.3 Å². The van der Waals surface area contributed by atoms with E-state index in [1.807, 2.05) is 36.4 Å². The third-order valence-corrected chi connectivity index (χ3v) is 6.92. The van der Waals surface area contributed by atoms with Crippen LogP contribution in [0.5, 0.6) is 11.5 Å². The summed E-state index contributed by atoms with van der Waals surface area (Å²) in [7, 11) is 3.83. The van der Waals surface area contributed by atoms with Gasteiger partial charge in [0.05, 0.1) is 12.5 Å². The lowest BCUT2D eigenvalue weighted by atomic mass is 10.1. The van der Waals surface area contributed by atoms with Crippen LogP contribution >= 0.6 is 11.3 Å². The summed E-state index contributed by atoms with van der Waals surface area (Å²) in [6, 6.07) is 12.0. The Hall–Kier alpha value is -3.23. The van der Waals surface area contributed by atoms with E-state index in [9.17, 15) is 0 Å². The number of aromatic nitrogens is 4. The molecule has 1 aliphatic heterocycles. The summed E-state index contributed by atoms with van der Waals surface area (Å²) in [5.74, 6) is 2.28. The minimum absolute atomic E-state index is 0.305. The number of likely N-dealkylation sites (N-methyl/N-ethyl adjacent to an activating group) is 1. The molecule has 3 aromatic heterocycles. The molecule has 156 valence electrons. The predicted octanol–water partition coefficient (Wildman–Crippen LogP) is 4.07. The van der Waals surface area contributed by atoms with Gasteiger partial charge >= 0.3 is 0 Å². The molecular formula is C23H21N5O2S. The van der Waals surface area contributed by atoms with Crippen molar-refractivity contribution >= 4 is 38.0 Å². The maximum Gasteiger partial charge on any atom is 0.189 e. The van der Waals surface area contributed by atoms with Gasteiger partial charge in [0.2, 0.25) is 0 Å². The van der Waals surface area contributed by atoms with E-state index in [0.717, 1.165) is 57.6 Å². The van der Waals surface area contributed by atoms with Gasteiger partial charge in [0.15, 0.2) is 11.5 Å². The smallest absolute Gasteiger partial charge is 0.189 e. The minimum Gasteiger partial charge on any atom is -0.497 e. The summed E-state index contributed by atoms with van der Waals surface area (Å²) in [6.45, 7) is 2.33. The highest BCUT2D eigenvalue weighted by Crippen LogP contribution is 2.35. The summed E-state index contributed by atoms with van der Waals surface area (Å²) in [4.78, 5) is 14.2. The number of rotatable bonds is 4. The molecule has 0 N–H and O–H groups in total. The molecule has 0 spiro atoms. The first-order valence-corrected chi connectivity index (χ1v) is 11.0. The average Bonchev–Trinajstić information content (AvgIpc) is 3.37. The number of thiophene rings is 1. The first-order valence-electron chi connectivity index (χ1n) is 10.2. The Morgan fingerprint density at radius 1 is 1.10 bits per heavy atom. The molecule has 0 radical (unpaired) electrons. The van der Waals surface area contributed by atoms with Crippen LogP contribution in [0, 0.1) is 0 Å². The number of hydrogen-bond donors (Lipinski definition) is 0. The van der Waals surface area contributed by atoms with Gasteiger partial charge in [0.25, 0.3) is 0 Å². The molecule has 31 heavy (non-hydrogen) atoms. The van der Waals surface area contributed by atoms with Crippen LogP contribution in [-0.4, -0.2) is 45.2 Å². The van der Waals surface area contributed by atoms with Gasteiger partial charge in [-0.15, -0.1) is 16.4 Å². The molecule has 0 saturated carbocycles. The Morgan fingerprint density at radius 3 is 2.74 bits per heavy atom. The van der Waals surface area contributed by atoms with Crippen molar-refractivity contribution in [3.8, 4) is 11.5 Å². The molecule has 2 aromatic carbocycles. The zero-order valence-corrected chi connectivity index (χ0v) is 18.1. The van der Waals surface area contributed by atoms with Gasteiger partial charge in [-0.2, -0.15) is 0 Å². The Kier molecular flexibility index (Phi) is 4.29. The number of ether oxygens (including phenoxy) is 2. The van der Waals surface area contributed by atoms with Crippen LogP contribution in [0.4, 0.5) is 0 Å². The fourth-order valence-corrected chi connectivity index (χ4v) is 5.45. The van der Waals surface area contributed by atoms with Gasteiger partial charge in [-0.3, -0.25) is 0 Å². The summed E-state index contributed by atoms with van der Waals surface area (Å²) < 4.78 is 13.1. The molecule has 5 aromatic rings. The zero-order chi connectivity index (χ0) is 20.9. The highest BCUT2D eigenvalue weighted by atomic mass is 32.1. The van der Waals surface area contributed by atoms with Crippen molar-refractivity contribution in [1.82, 2.24) is 24.5 Å². The zero-order valence-electron chi connectivity index (χ0n) is 17.3. The molecule has 6 rings (SSSR count). The third kappa shape index (κ3) is 3.19. The van der Waals surface area contributed by atoms with Crippen molar-refractivity contribution in [2.45, 2.75) is 19.6 Å². The van der Waals surface area contributed by atoms with Crippen molar-refractivity contribution in [3.05, 3.63) is 59.0 Å². The van der Waals surface area contributed by atoms with Crippen LogP contribution in [-0.2, 0) is 19.6 Å². The Labute approximate surface area is 182 Å². The second-order valence-corrected chi connectivity index (χ2v) is 8.96. The van der Waals surface area contributed by atoms with Crippen molar-refractivity contribution in [2.75, 3.05) is 20.7 Å². The number of benzene rings is 2. The van der Waals surface area contributed by atoms with Gasteiger partial charge in [-0.05, 0) is 54.1 Å². The average molecular weight is 432 g/mol. The molecule has 4 heterocycles. The number of nitrogens with zero attached hydrogens (tertiary/aromatic N) is 5. The highest BCUT2D eigenvalue weighted by molar-refractivity contribution is 7.19. The Balaban J connectivity index is 1.30. The summed E-state index contributed by atoms with van der Waals surface area (Å²) in [6.07, 6.45) is 2.77. The van der Waals surface area contributed by atoms with Gasteiger partial charge in [0.1, 0.15) is 29.3 Å². The molecular weight excluding hydrogens is 410 g/mol. The van der Waals surface area contributed by atoms with E-state index in [0.29, 0.717) is 12.4 Å². The minimum atomic E-state index is 0.305. The molecule has 0 atom stereocenters. The van der Waals surface area contributed by atoms with Crippen LogP contribution in [0.2, 0.25) is 0 Å². The third-order valence-electron chi connectivity index (χ3n) is 5.80. The van der Waals surface area contributed by atoms with Crippen molar-refractivity contribution in [1.29, 1.82) is 0 Å². The van der Waals surface area contributed by atoms with Gasteiger partial charge in [-0.1, -0.05) is 12.1 Å². The molecule has 0 aliphatic carbocycles. The fourth-order valence-electron chi connectivity index (χ4n) is 4.19. The molecule has 0 amide bonds. The lowest BCUT2D eigenvalue weighted by Gasteiger charge is -2.21. The summed E-state index contributed by atoms with van der Waals surface area (Å²) >= 11 is 1.77. The molecule has 0 saturated heterocycles. The molecule has 0 bridgehead atoms. The summed E-state index contributed by atoms with van der Waals surface area (Å²) in [5, 5.41) is 7.96. The van der Waals surface area contributed by atoms with Crippen molar-refractivity contribution < 1.29 is 9.47 Å². The number of hydrogen-bond acceptors (Lipinski definition) is 7. The normalized spacial score (nSPS) is 14.4. The number of methoxy groups -OCH3 is 1. The largest absolute Gasteiger partial charge is 0.497 e. The summed E-state index contributed by atoms with van der Waals surface area (Å²) in [5.41, 5.74) is 2.25. The van der Waals surface area contributed by atoms with Gasteiger partial charge in [0, 0.05) is 18.0 Å². The molecule has 0 unspecified atom stereocenters. The SMILES string of the molecule is COc1ccc2cc(OCc3nc4c5c6c(sc5ncn4n3)CN(C)CC6)ccc2c1. The van der Waals surface area contributed by atoms with E-state index < -0.39 is 0 Å². The molecule has 0 fully saturated rings. The standard InChI is InChI=1S/C23H21N5O2S/c1-27-8-7-18-19(11-27)31-23-21(18)22-25-20(26-28(22)13-24-23)12-30-17-6-4-14-9-16(29-2)5-3-15(14)10-17/h3-6,9-10,13H,7-8,11-12H2,1-2H3. The van der Waals surface area contributed by atoms with Crippen LogP contribution in [0.25, 0.3) is 26.6 Å². The van der Waals surface area contributed by atoms with E-state index in [4.69, 9.17) is 14.5 Å². The van der Waals surface area contributed by atoms with Crippen LogP contribution < -0.4 is 9.47 Å². The Morgan fingerprint density at radius 2 is 1.90 bits per heavy atom. The maximum absolute atomic E-state index is 6.01.